The van der Waals surface area contributed by atoms with Gasteiger partial charge in [-0.2, -0.15) is 0 Å². The molecule has 1 unspecified atom stereocenters. The molecule has 1 atom stereocenters. The van der Waals surface area contributed by atoms with Gasteiger partial charge in [-0.3, -0.25) is 9.63 Å². The Bertz CT molecular complexity index is 234. The molecule has 0 aromatic heterocycles. The fourth-order valence-corrected chi connectivity index (χ4v) is 2.75. The van der Waals surface area contributed by atoms with Crippen LogP contribution in [-0.4, -0.2) is 25.6 Å². The quantitative estimate of drug-likeness (QED) is 0.734. The molecule has 1 amide bonds. The topological polar surface area (TPSA) is 50.4 Å². The van der Waals surface area contributed by atoms with Gasteiger partial charge in [0.25, 0.3) is 0 Å². The summed E-state index contributed by atoms with van der Waals surface area (Å²) in [5.74, 6) is 0.831. The Balaban J connectivity index is 1.58. The van der Waals surface area contributed by atoms with Crippen molar-refractivity contribution in [3.63, 3.8) is 0 Å². The van der Waals surface area contributed by atoms with Crippen LogP contribution in [0.2, 0.25) is 0 Å². The first kappa shape index (κ1) is 12.8. The summed E-state index contributed by atoms with van der Waals surface area (Å²) in [5, 5.41) is 3.34. The molecule has 4 heteroatoms. The highest BCUT2D eigenvalue weighted by atomic mass is 16.7. The van der Waals surface area contributed by atoms with Crippen LogP contribution in [0.4, 0.5) is 0 Å². The number of nitrogens with one attached hydrogen (secondary N) is 2. The molecule has 1 heterocycles. The van der Waals surface area contributed by atoms with Crippen molar-refractivity contribution >= 4 is 5.91 Å². The molecule has 0 aromatic carbocycles. The highest BCUT2D eigenvalue weighted by Gasteiger charge is 2.21. The van der Waals surface area contributed by atoms with Gasteiger partial charge < -0.3 is 5.32 Å². The number of carbonyl (C=O) groups excluding carboxylic acids is 1. The standard InChI is InChI=1S/C13H24N2O2/c16-13(12-6-2-1-3-7-12)15-17-10-11-5-4-8-14-9-11/h11-12,14H,1-10H2,(H,15,16). The molecule has 0 radical (unpaired) electrons. The van der Waals surface area contributed by atoms with Crippen LogP contribution in [0.15, 0.2) is 0 Å². The van der Waals surface area contributed by atoms with Crippen molar-refractivity contribution in [1.82, 2.24) is 10.8 Å². The van der Waals surface area contributed by atoms with E-state index in [0.717, 1.165) is 25.9 Å². The van der Waals surface area contributed by atoms with Crippen molar-refractivity contribution in [3.05, 3.63) is 0 Å². The molecule has 2 fully saturated rings. The Labute approximate surface area is 103 Å². The van der Waals surface area contributed by atoms with E-state index < -0.39 is 0 Å². The molecule has 1 aliphatic carbocycles. The van der Waals surface area contributed by atoms with E-state index in [4.69, 9.17) is 4.84 Å². The predicted molar refractivity (Wildman–Crippen MR) is 66.3 cm³/mol. The Morgan fingerprint density at radius 3 is 2.71 bits per heavy atom. The van der Waals surface area contributed by atoms with Gasteiger partial charge in [-0.1, -0.05) is 19.3 Å². The van der Waals surface area contributed by atoms with Crippen LogP contribution in [-0.2, 0) is 9.63 Å². The second kappa shape index (κ2) is 6.97. The fourth-order valence-electron chi connectivity index (χ4n) is 2.75. The van der Waals surface area contributed by atoms with Crippen molar-refractivity contribution in [1.29, 1.82) is 0 Å². The van der Waals surface area contributed by atoms with Crippen LogP contribution in [0, 0.1) is 11.8 Å². The van der Waals surface area contributed by atoms with Crippen LogP contribution in [0.1, 0.15) is 44.9 Å². The Kier molecular flexibility index (Phi) is 5.26. The van der Waals surface area contributed by atoms with Crippen LogP contribution in [0.3, 0.4) is 0 Å². The van der Waals surface area contributed by atoms with Gasteiger partial charge in [-0.05, 0) is 38.1 Å². The zero-order valence-electron chi connectivity index (χ0n) is 10.5. The van der Waals surface area contributed by atoms with E-state index in [1.54, 1.807) is 0 Å². The number of piperidine rings is 1. The molecule has 2 rings (SSSR count). The maximum Gasteiger partial charge on any atom is 0.246 e. The minimum absolute atomic E-state index is 0.0912. The lowest BCUT2D eigenvalue weighted by Crippen LogP contribution is -2.37. The van der Waals surface area contributed by atoms with Gasteiger partial charge >= 0.3 is 0 Å². The van der Waals surface area contributed by atoms with Crippen molar-refractivity contribution in [2.45, 2.75) is 44.9 Å². The molecule has 0 bridgehead atoms. The zero-order valence-corrected chi connectivity index (χ0v) is 10.5. The fraction of sp³-hybridized carbons (Fsp3) is 0.923. The minimum atomic E-state index is 0.0912. The number of carbonyl (C=O) groups is 1. The third-order valence-electron chi connectivity index (χ3n) is 3.87. The summed E-state index contributed by atoms with van der Waals surface area (Å²) < 4.78 is 0. The summed E-state index contributed by atoms with van der Waals surface area (Å²) in [7, 11) is 0. The summed E-state index contributed by atoms with van der Waals surface area (Å²) in [6.07, 6.45) is 8.12. The first-order valence-corrected chi connectivity index (χ1v) is 6.98. The molecule has 98 valence electrons. The number of rotatable bonds is 4. The largest absolute Gasteiger partial charge is 0.316 e. The van der Waals surface area contributed by atoms with Crippen molar-refractivity contribution in [3.8, 4) is 0 Å². The Morgan fingerprint density at radius 2 is 2.00 bits per heavy atom. The summed E-state index contributed by atoms with van der Waals surface area (Å²) in [6.45, 7) is 2.77. The van der Waals surface area contributed by atoms with Crippen LogP contribution in [0.25, 0.3) is 0 Å². The molecule has 4 nitrogen and oxygen atoms in total. The van der Waals surface area contributed by atoms with Crippen molar-refractivity contribution in [2.24, 2.45) is 11.8 Å². The monoisotopic (exact) mass is 240 g/mol. The van der Waals surface area contributed by atoms with Gasteiger partial charge in [0.15, 0.2) is 0 Å². The minimum Gasteiger partial charge on any atom is -0.316 e. The Hall–Kier alpha value is -0.610. The second-order valence-electron chi connectivity index (χ2n) is 5.32. The maximum atomic E-state index is 11.8. The average molecular weight is 240 g/mol. The molecule has 1 aliphatic heterocycles. The van der Waals surface area contributed by atoms with Crippen molar-refractivity contribution < 1.29 is 9.63 Å². The number of amides is 1. The predicted octanol–water partition coefficient (Wildman–Crippen LogP) is 1.61. The number of hydroxylamine groups is 1. The van der Waals surface area contributed by atoms with Gasteiger partial charge in [0.1, 0.15) is 0 Å². The highest BCUT2D eigenvalue weighted by molar-refractivity contribution is 5.77. The van der Waals surface area contributed by atoms with E-state index in [1.165, 1.54) is 32.1 Å². The molecule has 1 saturated carbocycles. The number of hydrogen-bond acceptors (Lipinski definition) is 3. The average Bonchev–Trinajstić information content (AvgIpc) is 2.41. The van der Waals surface area contributed by atoms with Crippen molar-refractivity contribution in [2.75, 3.05) is 19.7 Å². The molecular formula is C13H24N2O2. The van der Waals surface area contributed by atoms with E-state index in [2.05, 4.69) is 10.8 Å². The first-order valence-electron chi connectivity index (χ1n) is 6.98. The molecule has 2 aliphatic rings. The summed E-state index contributed by atoms with van der Waals surface area (Å²) >= 11 is 0. The molecule has 0 spiro atoms. The smallest absolute Gasteiger partial charge is 0.246 e. The van der Waals surface area contributed by atoms with Crippen LogP contribution in [0.5, 0.6) is 0 Å². The van der Waals surface area contributed by atoms with Gasteiger partial charge in [0.2, 0.25) is 5.91 Å². The van der Waals surface area contributed by atoms with Gasteiger partial charge in [-0.15, -0.1) is 0 Å². The third kappa shape index (κ3) is 4.28. The first-order chi connectivity index (χ1) is 8.36. The molecule has 17 heavy (non-hydrogen) atoms. The van der Waals surface area contributed by atoms with Gasteiger partial charge in [0, 0.05) is 12.5 Å². The normalized spacial score (nSPS) is 26.7. The van der Waals surface area contributed by atoms with E-state index in [1.807, 2.05) is 0 Å². The van der Waals surface area contributed by atoms with Gasteiger partial charge in [-0.25, -0.2) is 5.48 Å². The van der Waals surface area contributed by atoms with E-state index >= 15 is 0 Å². The van der Waals surface area contributed by atoms with Crippen LogP contribution >= 0.6 is 0 Å². The lowest BCUT2D eigenvalue weighted by Gasteiger charge is -2.24. The molecular weight excluding hydrogens is 216 g/mol. The lowest BCUT2D eigenvalue weighted by molar-refractivity contribution is -0.140. The molecule has 0 aromatic rings. The van der Waals surface area contributed by atoms with Gasteiger partial charge in [0.05, 0.1) is 6.61 Å². The maximum absolute atomic E-state index is 11.8. The van der Waals surface area contributed by atoms with E-state index in [9.17, 15) is 4.79 Å². The Morgan fingerprint density at radius 1 is 1.18 bits per heavy atom. The molecule has 1 saturated heterocycles. The van der Waals surface area contributed by atoms with Crippen LogP contribution < -0.4 is 10.8 Å². The summed E-state index contributed by atoms with van der Waals surface area (Å²) in [5.41, 5.74) is 2.63. The SMILES string of the molecule is O=C(NOCC1CCCNC1)C1CCCCC1. The molecule has 2 N–H and O–H groups in total. The zero-order chi connectivity index (χ0) is 11.9. The van der Waals surface area contributed by atoms with E-state index in [-0.39, 0.29) is 11.8 Å². The third-order valence-corrected chi connectivity index (χ3v) is 3.87. The van der Waals surface area contributed by atoms with E-state index in [0.29, 0.717) is 12.5 Å². The highest BCUT2D eigenvalue weighted by Crippen LogP contribution is 2.23. The lowest BCUT2D eigenvalue weighted by atomic mass is 9.89. The summed E-state index contributed by atoms with van der Waals surface area (Å²) in [4.78, 5) is 17.1. The summed E-state index contributed by atoms with van der Waals surface area (Å²) in [6, 6.07) is 0. The number of hydrogen-bond donors (Lipinski definition) is 2. The second-order valence-corrected chi connectivity index (χ2v) is 5.32.